The summed E-state index contributed by atoms with van der Waals surface area (Å²) < 4.78 is 5.32. The highest BCUT2D eigenvalue weighted by Gasteiger charge is 2.06. The molecule has 0 bridgehead atoms. The fourth-order valence-electron chi connectivity index (χ4n) is 2.34. The van der Waals surface area contributed by atoms with Crippen molar-refractivity contribution in [1.82, 2.24) is 15.3 Å². The molecule has 25 heavy (non-hydrogen) atoms. The molecule has 1 amide bonds. The zero-order valence-electron chi connectivity index (χ0n) is 13.4. The van der Waals surface area contributed by atoms with Crippen LogP contribution in [0, 0.1) is 5.21 Å². The Bertz CT molecular complexity index is 812. The quantitative estimate of drug-likeness (QED) is 0.472. The van der Waals surface area contributed by atoms with Crippen molar-refractivity contribution < 1.29 is 20.0 Å². The lowest BCUT2D eigenvalue weighted by molar-refractivity contribution is -0.991. The fourth-order valence-corrected chi connectivity index (χ4v) is 2.34. The van der Waals surface area contributed by atoms with Crippen LogP contribution in [0.1, 0.15) is 5.82 Å². The number of amides is 1. The number of carbonyl (C=O) groups excluding carboxylic acids is 1. The molecule has 0 aliphatic carbocycles. The molecule has 0 saturated heterocycles. The summed E-state index contributed by atoms with van der Waals surface area (Å²) in [7, 11) is 0. The maximum absolute atomic E-state index is 11.8. The molecule has 0 fully saturated rings. The molecule has 8 nitrogen and oxygen atoms in total. The SMILES string of the molecule is O=C(COc1ccc([NH+]([O-])O)cc1)NCCc1nc2ccccc2[nH]1. The number of ether oxygens (including phenoxy) is 1. The third kappa shape index (κ3) is 4.54. The number of H-pyrrole nitrogens is 1. The Morgan fingerprint density at radius 1 is 1.24 bits per heavy atom. The third-order valence-electron chi connectivity index (χ3n) is 3.59. The van der Waals surface area contributed by atoms with E-state index >= 15 is 0 Å². The molecule has 3 rings (SSSR count). The first-order valence-electron chi connectivity index (χ1n) is 7.78. The summed E-state index contributed by atoms with van der Waals surface area (Å²) in [6.45, 7) is 0.312. The molecule has 3 aromatic rings. The van der Waals surface area contributed by atoms with Crippen molar-refractivity contribution in [3.8, 4) is 5.75 Å². The van der Waals surface area contributed by atoms with Gasteiger partial charge in [-0.1, -0.05) is 12.1 Å². The van der Waals surface area contributed by atoms with E-state index in [-0.39, 0.29) is 18.2 Å². The molecule has 2 aromatic carbocycles. The number of aromatic nitrogens is 2. The minimum Gasteiger partial charge on any atom is -0.595 e. The van der Waals surface area contributed by atoms with Crippen LogP contribution < -0.4 is 15.3 Å². The van der Waals surface area contributed by atoms with Gasteiger partial charge in [0, 0.05) is 25.1 Å². The normalized spacial score (nSPS) is 12.1. The van der Waals surface area contributed by atoms with Gasteiger partial charge >= 0.3 is 0 Å². The molecule has 0 spiro atoms. The number of nitrogens with one attached hydrogen (secondary N) is 3. The van der Waals surface area contributed by atoms with Gasteiger partial charge in [0.1, 0.15) is 11.6 Å². The van der Waals surface area contributed by atoms with Gasteiger partial charge in [0.05, 0.1) is 11.0 Å². The van der Waals surface area contributed by atoms with Crippen LogP contribution in [0.3, 0.4) is 0 Å². The molecule has 0 radical (unpaired) electrons. The van der Waals surface area contributed by atoms with Crippen molar-refractivity contribution in [3.63, 3.8) is 0 Å². The number of nitrogens with zero attached hydrogens (tertiary/aromatic N) is 1. The Hall–Kier alpha value is -2.94. The van der Waals surface area contributed by atoms with Crippen molar-refractivity contribution in [2.24, 2.45) is 0 Å². The maximum Gasteiger partial charge on any atom is 0.257 e. The predicted molar refractivity (Wildman–Crippen MR) is 90.5 cm³/mol. The molecule has 0 aliphatic rings. The Kier molecular flexibility index (Phi) is 5.24. The highest BCUT2D eigenvalue weighted by molar-refractivity contribution is 5.77. The summed E-state index contributed by atoms with van der Waals surface area (Å²) in [5.41, 5.74) is 2.04. The highest BCUT2D eigenvalue weighted by Crippen LogP contribution is 2.13. The van der Waals surface area contributed by atoms with Crippen LogP contribution in [0.4, 0.5) is 5.69 Å². The first-order valence-corrected chi connectivity index (χ1v) is 7.78. The number of fused-ring (bicyclic) bond motifs is 1. The standard InChI is InChI=1S/C17H18N4O4/c22-17(11-25-13-7-5-12(6-8-13)21(23)24)18-10-9-16-19-14-3-1-2-4-15(14)20-16/h1-8,21,23H,9-11H2,(H,18,22)(H,19,20). The van der Waals surface area contributed by atoms with E-state index in [4.69, 9.17) is 9.94 Å². The van der Waals surface area contributed by atoms with E-state index < -0.39 is 5.23 Å². The number of benzene rings is 2. The number of hydrogen-bond acceptors (Lipinski definition) is 5. The summed E-state index contributed by atoms with van der Waals surface area (Å²) in [5, 5.41) is 21.3. The summed E-state index contributed by atoms with van der Waals surface area (Å²) in [6.07, 6.45) is 0.591. The van der Waals surface area contributed by atoms with Gasteiger partial charge in [-0.2, -0.15) is 5.23 Å². The fraction of sp³-hybridized carbons (Fsp3) is 0.176. The van der Waals surface area contributed by atoms with Gasteiger partial charge in [-0.25, -0.2) is 10.2 Å². The van der Waals surface area contributed by atoms with Gasteiger partial charge < -0.3 is 20.2 Å². The highest BCUT2D eigenvalue weighted by atomic mass is 16.8. The topological polar surface area (TPSA) is 115 Å². The van der Waals surface area contributed by atoms with Crippen LogP contribution in [0.25, 0.3) is 11.0 Å². The average molecular weight is 342 g/mol. The molecule has 1 unspecified atom stereocenters. The van der Waals surface area contributed by atoms with Gasteiger partial charge in [0.15, 0.2) is 12.3 Å². The molecule has 4 N–H and O–H groups in total. The van der Waals surface area contributed by atoms with Gasteiger partial charge in [-0.15, -0.1) is 0 Å². The lowest BCUT2D eigenvalue weighted by atomic mass is 10.3. The van der Waals surface area contributed by atoms with Gasteiger partial charge in [-0.05, 0) is 24.3 Å². The van der Waals surface area contributed by atoms with Crippen molar-refractivity contribution in [2.45, 2.75) is 6.42 Å². The Morgan fingerprint density at radius 2 is 2.00 bits per heavy atom. The van der Waals surface area contributed by atoms with Crippen molar-refractivity contribution in [1.29, 1.82) is 0 Å². The van der Waals surface area contributed by atoms with Gasteiger partial charge in [0.25, 0.3) is 5.91 Å². The molecule has 130 valence electrons. The van der Waals surface area contributed by atoms with Crippen LogP contribution in [0.2, 0.25) is 0 Å². The second kappa shape index (κ2) is 7.75. The monoisotopic (exact) mass is 342 g/mol. The predicted octanol–water partition coefficient (Wildman–Crippen LogP) is 0.704. The van der Waals surface area contributed by atoms with Crippen molar-refractivity contribution >= 4 is 22.6 Å². The molecule has 0 aliphatic heterocycles. The first kappa shape index (κ1) is 16.9. The van der Waals surface area contributed by atoms with E-state index in [0.29, 0.717) is 18.7 Å². The third-order valence-corrected chi connectivity index (χ3v) is 3.59. The van der Waals surface area contributed by atoms with Crippen molar-refractivity contribution in [3.05, 3.63) is 59.6 Å². The second-order valence-corrected chi connectivity index (χ2v) is 5.42. The zero-order chi connectivity index (χ0) is 17.6. The summed E-state index contributed by atoms with van der Waals surface area (Å²) in [4.78, 5) is 19.4. The number of aromatic amines is 1. The van der Waals surface area contributed by atoms with E-state index in [1.165, 1.54) is 24.3 Å². The average Bonchev–Trinajstić information content (AvgIpc) is 3.03. The number of carbonyl (C=O) groups is 1. The molecular weight excluding hydrogens is 324 g/mol. The minimum atomic E-state index is -1.00. The smallest absolute Gasteiger partial charge is 0.257 e. The molecule has 1 atom stereocenters. The van der Waals surface area contributed by atoms with Crippen LogP contribution in [0.15, 0.2) is 48.5 Å². The Morgan fingerprint density at radius 3 is 2.72 bits per heavy atom. The van der Waals surface area contributed by atoms with Crippen LogP contribution >= 0.6 is 0 Å². The number of para-hydroxylation sites is 2. The lowest BCUT2D eigenvalue weighted by Crippen LogP contribution is -2.99. The van der Waals surface area contributed by atoms with E-state index in [1.807, 2.05) is 24.3 Å². The first-order chi connectivity index (χ1) is 12.1. The van der Waals surface area contributed by atoms with Gasteiger partial charge in [0.2, 0.25) is 0 Å². The van der Waals surface area contributed by atoms with Crippen molar-refractivity contribution in [2.75, 3.05) is 13.2 Å². The molecule has 0 saturated carbocycles. The Balaban J connectivity index is 1.42. The van der Waals surface area contributed by atoms with Crippen LogP contribution in [0.5, 0.6) is 5.75 Å². The van der Waals surface area contributed by atoms with Crippen LogP contribution in [-0.2, 0) is 11.2 Å². The van der Waals surface area contributed by atoms with E-state index in [0.717, 1.165) is 16.9 Å². The molecule has 8 heteroatoms. The second-order valence-electron chi connectivity index (χ2n) is 5.42. The summed E-state index contributed by atoms with van der Waals surface area (Å²) in [6, 6.07) is 13.6. The molecule has 1 heterocycles. The van der Waals surface area contributed by atoms with E-state index in [1.54, 1.807) is 0 Å². The van der Waals surface area contributed by atoms with E-state index in [9.17, 15) is 10.0 Å². The zero-order valence-corrected chi connectivity index (χ0v) is 13.4. The lowest BCUT2D eigenvalue weighted by Gasteiger charge is -2.12. The summed E-state index contributed by atoms with van der Waals surface area (Å²) >= 11 is 0. The number of hydrogen-bond donors (Lipinski definition) is 4. The van der Waals surface area contributed by atoms with Gasteiger partial charge in [-0.3, -0.25) is 4.79 Å². The number of rotatable bonds is 7. The summed E-state index contributed by atoms with van der Waals surface area (Å²) in [5.74, 6) is 1.00. The van der Waals surface area contributed by atoms with E-state index in [2.05, 4.69) is 15.3 Å². The number of imidazole rings is 1. The molecule has 1 aromatic heterocycles. The molecular formula is C17H18N4O4. The largest absolute Gasteiger partial charge is 0.595 e. The Labute approximate surface area is 143 Å². The maximum atomic E-state index is 11.8. The minimum absolute atomic E-state index is 0.132. The van der Waals surface area contributed by atoms with Crippen LogP contribution in [-0.4, -0.2) is 34.2 Å². The number of quaternary nitrogens is 1.